The van der Waals surface area contributed by atoms with E-state index in [2.05, 4.69) is 56.3 Å². The van der Waals surface area contributed by atoms with Crippen LogP contribution in [-0.2, 0) is 6.42 Å². The smallest absolute Gasteiger partial charge is 0.100 e. The summed E-state index contributed by atoms with van der Waals surface area (Å²) in [7, 11) is 0. The van der Waals surface area contributed by atoms with Gasteiger partial charge in [0.2, 0.25) is 0 Å². The summed E-state index contributed by atoms with van der Waals surface area (Å²) in [4.78, 5) is 1.16. The van der Waals surface area contributed by atoms with E-state index in [1.54, 1.807) is 11.8 Å². The lowest BCUT2D eigenvalue weighted by molar-refractivity contribution is 1.01. The molecular formula is C17H17NS. The van der Waals surface area contributed by atoms with Crippen molar-refractivity contribution in [3.8, 4) is 6.07 Å². The van der Waals surface area contributed by atoms with E-state index < -0.39 is 0 Å². The van der Waals surface area contributed by atoms with Gasteiger partial charge in [0.25, 0.3) is 0 Å². The largest absolute Gasteiger partial charge is 0.197 e. The summed E-state index contributed by atoms with van der Waals surface area (Å²) in [6.07, 6.45) is 0.793. The Morgan fingerprint density at radius 3 is 2.37 bits per heavy atom. The van der Waals surface area contributed by atoms with Gasteiger partial charge in [-0.15, -0.1) is 11.8 Å². The summed E-state index contributed by atoms with van der Waals surface area (Å²) < 4.78 is 0. The second kappa shape index (κ2) is 6.45. The van der Waals surface area contributed by atoms with Crippen LogP contribution in [0.25, 0.3) is 0 Å². The van der Waals surface area contributed by atoms with E-state index in [4.69, 9.17) is 0 Å². The molecule has 1 atom stereocenters. The highest BCUT2D eigenvalue weighted by molar-refractivity contribution is 8.00. The first-order valence-electron chi connectivity index (χ1n) is 6.36. The number of aryl methyl sites for hydroxylation is 2. The average molecular weight is 267 g/mol. The van der Waals surface area contributed by atoms with Crippen LogP contribution in [0.1, 0.15) is 16.7 Å². The molecule has 0 heterocycles. The Morgan fingerprint density at radius 1 is 1.05 bits per heavy atom. The van der Waals surface area contributed by atoms with Crippen molar-refractivity contribution in [1.82, 2.24) is 0 Å². The van der Waals surface area contributed by atoms with Gasteiger partial charge in [0.05, 0.1) is 6.07 Å². The predicted octanol–water partition coefficient (Wildman–Crippen LogP) is 4.53. The number of benzene rings is 2. The molecule has 0 radical (unpaired) electrons. The topological polar surface area (TPSA) is 23.8 Å². The third-order valence-electron chi connectivity index (χ3n) is 3.11. The Kier molecular flexibility index (Phi) is 4.65. The zero-order valence-corrected chi connectivity index (χ0v) is 12.1. The summed E-state index contributed by atoms with van der Waals surface area (Å²) in [5.41, 5.74) is 3.76. The van der Waals surface area contributed by atoms with Crippen molar-refractivity contribution in [1.29, 1.82) is 5.26 Å². The number of hydrogen-bond donors (Lipinski definition) is 0. The molecule has 0 fully saturated rings. The molecule has 1 nitrogen and oxygen atoms in total. The molecule has 2 rings (SSSR count). The molecule has 0 saturated heterocycles. The molecule has 0 aliphatic carbocycles. The summed E-state index contributed by atoms with van der Waals surface area (Å²) >= 11 is 1.64. The van der Waals surface area contributed by atoms with Gasteiger partial charge >= 0.3 is 0 Å². The minimum Gasteiger partial charge on any atom is -0.197 e. The fourth-order valence-corrected chi connectivity index (χ4v) is 2.87. The number of rotatable bonds is 4. The van der Waals surface area contributed by atoms with E-state index in [0.717, 1.165) is 11.3 Å². The molecule has 96 valence electrons. The molecule has 1 unspecified atom stereocenters. The Hall–Kier alpha value is -1.72. The molecule has 0 bridgehead atoms. The number of nitriles is 1. The zero-order valence-electron chi connectivity index (χ0n) is 11.3. The number of thioether (sulfide) groups is 1. The molecule has 2 aromatic rings. The lowest BCUT2D eigenvalue weighted by Gasteiger charge is -2.11. The molecule has 0 aromatic heterocycles. The van der Waals surface area contributed by atoms with Crippen molar-refractivity contribution in [3.05, 3.63) is 65.2 Å². The number of hydrogen-bond acceptors (Lipinski definition) is 2. The Balaban J connectivity index is 2.07. The third kappa shape index (κ3) is 3.87. The SMILES string of the molecule is Cc1ccc(SC(C#N)Cc2ccccc2C)cc1. The van der Waals surface area contributed by atoms with Crippen LogP contribution in [0.15, 0.2) is 53.4 Å². The van der Waals surface area contributed by atoms with Gasteiger partial charge in [-0.3, -0.25) is 0 Å². The molecule has 0 aliphatic rings. The van der Waals surface area contributed by atoms with Gasteiger partial charge in [-0.05, 0) is 43.5 Å². The Morgan fingerprint density at radius 2 is 1.74 bits per heavy atom. The van der Waals surface area contributed by atoms with Crippen LogP contribution < -0.4 is 0 Å². The first-order chi connectivity index (χ1) is 9.19. The minimum absolute atomic E-state index is 0.0381. The zero-order chi connectivity index (χ0) is 13.7. The van der Waals surface area contributed by atoms with E-state index in [1.807, 2.05) is 12.1 Å². The highest BCUT2D eigenvalue weighted by Crippen LogP contribution is 2.26. The molecule has 0 saturated carbocycles. The van der Waals surface area contributed by atoms with E-state index in [9.17, 15) is 5.26 Å². The molecule has 2 aromatic carbocycles. The monoisotopic (exact) mass is 267 g/mol. The molecule has 19 heavy (non-hydrogen) atoms. The summed E-state index contributed by atoms with van der Waals surface area (Å²) in [5.74, 6) is 0. The lowest BCUT2D eigenvalue weighted by atomic mass is 10.0. The second-order valence-electron chi connectivity index (χ2n) is 4.68. The van der Waals surface area contributed by atoms with Crippen molar-refractivity contribution in [2.45, 2.75) is 30.4 Å². The van der Waals surface area contributed by atoms with Crippen LogP contribution in [0, 0.1) is 25.2 Å². The maximum atomic E-state index is 9.32. The van der Waals surface area contributed by atoms with E-state index in [0.29, 0.717) is 0 Å². The molecule has 2 heteroatoms. The van der Waals surface area contributed by atoms with Gasteiger partial charge < -0.3 is 0 Å². The maximum absolute atomic E-state index is 9.32. The number of nitrogens with zero attached hydrogens (tertiary/aromatic N) is 1. The summed E-state index contributed by atoms with van der Waals surface area (Å²) in [6.45, 7) is 4.17. The third-order valence-corrected chi connectivity index (χ3v) is 4.21. The summed E-state index contributed by atoms with van der Waals surface area (Å²) in [5, 5.41) is 9.29. The van der Waals surface area contributed by atoms with Crippen LogP contribution in [0.3, 0.4) is 0 Å². The van der Waals surface area contributed by atoms with Gasteiger partial charge in [-0.2, -0.15) is 5.26 Å². The molecule has 0 aliphatic heterocycles. The maximum Gasteiger partial charge on any atom is 0.100 e. The van der Waals surface area contributed by atoms with Gasteiger partial charge in [-0.1, -0.05) is 42.0 Å². The van der Waals surface area contributed by atoms with Crippen LogP contribution in [0.2, 0.25) is 0 Å². The van der Waals surface area contributed by atoms with Crippen molar-refractivity contribution >= 4 is 11.8 Å². The first kappa shape index (κ1) is 13.7. The fourth-order valence-electron chi connectivity index (χ4n) is 1.93. The minimum atomic E-state index is -0.0381. The van der Waals surface area contributed by atoms with E-state index in [1.165, 1.54) is 16.7 Å². The normalized spacial score (nSPS) is 11.8. The van der Waals surface area contributed by atoms with Crippen molar-refractivity contribution in [2.75, 3.05) is 0 Å². The predicted molar refractivity (Wildman–Crippen MR) is 81.3 cm³/mol. The highest BCUT2D eigenvalue weighted by atomic mass is 32.2. The van der Waals surface area contributed by atoms with Crippen LogP contribution >= 0.6 is 11.8 Å². The van der Waals surface area contributed by atoms with Crippen molar-refractivity contribution < 1.29 is 0 Å². The average Bonchev–Trinajstić information content (AvgIpc) is 2.43. The van der Waals surface area contributed by atoms with Crippen molar-refractivity contribution in [3.63, 3.8) is 0 Å². The molecule has 0 spiro atoms. The highest BCUT2D eigenvalue weighted by Gasteiger charge is 2.11. The quantitative estimate of drug-likeness (QED) is 0.760. The van der Waals surface area contributed by atoms with Gasteiger partial charge in [0.15, 0.2) is 0 Å². The Bertz CT molecular complexity index is 581. The molecule has 0 amide bonds. The summed E-state index contributed by atoms with van der Waals surface area (Å²) in [6, 6.07) is 19.0. The van der Waals surface area contributed by atoms with Crippen LogP contribution in [0.5, 0.6) is 0 Å². The lowest BCUT2D eigenvalue weighted by Crippen LogP contribution is -2.05. The van der Waals surface area contributed by atoms with Gasteiger partial charge in [-0.25, -0.2) is 0 Å². The molecule has 0 N–H and O–H groups in total. The fraction of sp³-hybridized carbons (Fsp3) is 0.235. The van der Waals surface area contributed by atoms with Crippen LogP contribution in [0.4, 0.5) is 0 Å². The second-order valence-corrected chi connectivity index (χ2v) is 5.96. The van der Waals surface area contributed by atoms with E-state index in [-0.39, 0.29) is 5.25 Å². The van der Waals surface area contributed by atoms with Crippen LogP contribution in [-0.4, -0.2) is 5.25 Å². The van der Waals surface area contributed by atoms with E-state index >= 15 is 0 Å². The van der Waals surface area contributed by atoms with Gasteiger partial charge in [0, 0.05) is 4.90 Å². The van der Waals surface area contributed by atoms with Crippen molar-refractivity contribution in [2.24, 2.45) is 0 Å². The Labute approximate surface area is 119 Å². The first-order valence-corrected chi connectivity index (χ1v) is 7.24. The van der Waals surface area contributed by atoms with Gasteiger partial charge in [0.1, 0.15) is 5.25 Å². The molecular weight excluding hydrogens is 250 g/mol. The standard InChI is InChI=1S/C17H17NS/c1-13-7-9-16(10-8-13)19-17(12-18)11-15-6-4-3-5-14(15)2/h3-10,17H,11H2,1-2H3.